The Morgan fingerprint density at radius 2 is 1.41 bits per heavy atom. The van der Waals surface area contributed by atoms with Crippen LogP contribution >= 0.6 is 15.9 Å². The van der Waals surface area contributed by atoms with Crippen molar-refractivity contribution < 1.29 is 23.8 Å². The van der Waals surface area contributed by atoms with Crippen LogP contribution in [0, 0.1) is 0 Å². The minimum absolute atomic E-state index is 0.201. The van der Waals surface area contributed by atoms with Gasteiger partial charge in [-0.1, -0.05) is 0 Å². The van der Waals surface area contributed by atoms with Gasteiger partial charge in [-0.3, -0.25) is 0 Å². The van der Waals surface area contributed by atoms with E-state index in [1.54, 1.807) is 0 Å². The van der Waals surface area contributed by atoms with Crippen molar-refractivity contribution in [3.63, 3.8) is 0 Å². The average molecular weight is 303 g/mol. The van der Waals surface area contributed by atoms with Crippen molar-refractivity contribution in [1.82, 2.24) is 0 Å². The van der Waals surface area contributed by atoms with Gasteiger partial charge >= 0.3 is 11.9 Å². The van der Waals surface area contributed by atoms with Crippen molar-refractivity contribution in [2.75, 3.05) is 21.3 Å². The third-order valence-electron chi connectivity index (χ3n) is 2.09. The first-order valence-electron chi connectivity index (χ1n) is 4.59. The van der Waals surface area contributed by atoms with Crippen LogP contribution in [0.4, 0.5) is 0 Å². The fraction of sp³-hybridized carbons (Fsp3) is 0.273. The molecule has 5 nitrogen and oxygen atoms in total. The Morgan fingerprint density at radius 3 is 1.71 bits per heavy atom. The summed E-state index contributed by atoms with van der Waals surface area (Å²) in [6.45, 7) is 0. The summed E-state index contributed by atoms with van der Waals surface area (Å²) in [5, 5.41) is 0. The molecule has 0 amide bonds. The summed E-state index contributed by atoms with van der Waals surface area (Å²) in [6, 6.07) is 2.95. The zero-order chi connectivity index (χ0) is 13.0. The lowest BCUT2D eigenvalue weighted by atomic mass is 10.1. The average Bonchev–Trinajstić information content (AvgIpc) is 2.37. The summed E-state index contributed by atoms with van der Waals surface area (Å²) in [5.41, 5.74) is 0.402. The zero-order valence-electron chi connectivity index (χ0n) is 9.57. The largest absolute Gasteiger partial charge is 0.497 e. The van der Waals surface area contributed by atoms with Crippen molar-refractivity contribution >= 4 is 27.9 Å². The Balaban J connectivity index is 3.40. The number of methoxy groups -OCH3 is 3. The first kappa shape index (κ1) is 13.5. The van der Waals surface area contributed by atoms with Crippen molar-refractivity contribution in [3.8, 4) is 5.75 Å². The van der Waals surface area contributed by atoms with Gasteiger partial charge in [-0.15, -0.1) is 0 Å². The summed E-state index contributed by atoms with van der Waals surface area (Å²) < 4.78 is 14.5. The highest BCUT2D eigenvalue weighted by Gasteiger charge is 2.20. The van der Waals surface area contributed by atoms with Gasteiger partial charge in [0.25, 0.3) is 0 Å². The number of ether oxygens (including phenoxy) is 3. The highest BCUT2D eigenvalue weighted by Crippen LogP contribution is 2.28. The number of halogens is 1. The molecule has 0 aromatic heterocycles. The second kappa shape index (κ2) is 5.67. The van der Waals surface area contributed by atoms with E-state index in [9.17, 15) is 9.59 Å². The van der Waals surface area contributed by atoms with Gasteiger partial charge in [0.2, 0.25) is 0 Å². The number of benzene rings is 1. The van der Waals surface area contributed by atoms with E-state index in [1.165, 1.54) is 33.5 Å². The van der Waals surface area contributed by atoms with Crippen LogP contribution in [0.5, 0.6) is 5.75 Å². The van der Waals surface area contributed by atoms with Crippen LogP contribution in [0.15, 0.2) is 16.6 Å². The fourth-order valence-electron chi connectivity index (χ4n) is 1.23. The normalized spacial score (nSPS) is 9.65. The monoisotopic (exact) mass is 302 g/mol. The molecule has 0 N–H and O–H groups in total. The first-order chi connectivity index (χ1) is 8.04. The standard InChI is InChI=1S/C11H11BrO5/c1-15-6-4-7(10(13)16-2)9(12)8(5-6)11(14)17-3/h4-5H,1-3H3. The molecule has 0 fully saturated rings. The van der Waals surface area contributed by atoms with Crippen LogP contribution in [0.1, 0.15) is 20.7 Å². The number of carbonyl (C=O) groups excluding carboxylic acids is 2. The Morgan fingerprint density at radius 1 is 1.00 bits per heavy atom. The van der Waals surface area contributed by atoms with Gasteiger partial charge in [-0.2, -0.15) is 0 Å². The maximum absolute atomic E-state index is 11.5. The number of carbonyl (C=O) groups is 2. The van der Waals surface area contributed by atoms with E-state index < -0.39 is 11.9 Å². The van der Waals surface area contributed by atoms with Gasteiger partial charge in [0.15, 0.2) is 0 Å². The van der Waals surface area contributed by atoms with Gasteiger partial charge in [-0.25, -0.2) is 9.59 Å². The Bertz CT molecular complexity index is 418. The van der Waals surface area contributed by atoms with E-state index in [0.29, 0.717) is 10.2 Å². The zero-order valence-corrected chi connectivity index (χ0v) is 11.2. The van der Waals surface area contributed by atoms with Crippen LogP contribution in [0.2, 0.25) is 0 Å². The van der Waals surface area contributed by atoms with Crippen LogP contribution in [-0.2, 0) is 9.47 Å². The summed E-state index contributed by atoms with van der Waals surface area (Å²) in [6.07, 6.45) is 0. The van der Waals surface area contributed by atoms with Crippen molar-refractivity contribution in [3.05, 3.63) is 27.7 Å². The molecular formula is C11H11BrO5. The molecule has 0 aliphatic heterocycles. The third kappa shape index (κ3) is 2.76. The molecule has 6 heteroatoms. The summed E-state index contributed by atoms with van der Waals surface area (Å²) in [7, 11) is 3.95. The Kier molecular flexibility index (Phi) is 4.51. The molecule has 0 saturated heterocycles. The number of hydrogen-bond donors (Lipinski definition) is 0. The minimum atomic E-state index is -0.569. The second-order valence-corrected chi connectivity index (χ2v) is 3.81. The van der Waals surface area contributed by atoms with E-state index in [0.717, 1.165) is 0 Å². The first-order valence-corrected chi connectivity index (χ1v) is 5.38. The number of esters is 2. The number of hydrogen-bond acceptors (Lipinski definition) is 5. The minimum Gasteiger partial charge on any atom is -0.497 e. The van der Waals surface area contributed by atoms with Crippen LogP contribution in [0.25, 0.3) is 0 Å². The topological polar surface area (TPSA) is 61.8 Å². The molecule has 0 unspecified atom stereocenters. The van der Waals surface area contributed by atoms with E-state index in [4.69, 9.17) is 4.74 Å². The van der Waals surface area contributed by atoms with E-state index in [1.807, 2.05) is 0 Å². The highest BCUT2D eigenvalue weighted by atomic mass is 79.9. The van der Waals surface area contributed by atoms with Crippen LogP contribution in [-0.4, -0.2) is 33.3 Å². The lowest BCUT2D eigenvalue weighted by Crippen LogP contribution is -2.09. The second-order valence-electron chi connectivity index (χ2n) is 3.02. The Hall–Kier alpha value is -1.56. The molecule has 0 aliphatic rings. The molecule has 92 valence electrons. The smallest absolute Gasteiger partial charge is 0.339 e. The highest BCUT2D eigenvalue weighted by molar-refractivity contribution is 9.10. The van der Waals surface area contributed by atoms with Crippen molar-refractivity contribution in [2.24, 2.45) is 0 Å². The quantitative estimate of drug-likeness (QED) is 0.800. The summed E-state index contributed by atoms with van der Waals surface area (Å²) >= 11 is 3.17. The molecule has 0 atom stereocenters. The van der Waals surface area contributed by atoms with Gasteiger partial charge in [-0.05, 0) is 28.1 Å². The van der Waals surface area contributed by atoms with Gasteiger partial charge in [0.1, 0.15) is 5.75 Å². The fourth-order valence-corrected chi connectivity index (χ4v) is 1.79. The molecule has 17 heavy (non-hydrogen) atoms. The van der Waals surface area contributed by atoms with E-state index in [-0.39, 0.29) is 11.1 Å². The van der Waals surface area contributed by atoms with Crippen LogP contribution < -0.4 is 4.74 Å². The number of rotatable bonds is 3. The predicted molar refractivity (Wildman–Crippen MR) is 63.4 cm³/mol. The van der Waals surface area contributed by atoms with E-state index >= 15 is 0 Å². The lowest BCUT2D eigenvalue weighted by molar-refractivity contribution is 0.0596. The van der Waals surface area contributed by atoms with Crippen LogP contribution in [0.3, 0.4) is 0 Å². The van der Waals surface area contributed by atoms with Gasteiger partial charge in [0, 0.05) is 4.47 Å². The van der Waals surface area contributed by atoms with Gasteiger partial charge in [0.05, 0.1) is 32.5 Å². The lowest BCUT2D eigenvalue weighted by Gasteiger charge is -2.10. The predicted octanol–water partition coefficient (Wildman–Crippen LogP) is 2.03. The molecule has 0 bridgehead atoms. The van der Waals surface area contributed by atoms with E-state index in [2.05, 4.69) is 25.4 Å². The van der Waals surface area contributed by atoms with Crippen molar-refractivity contribution in [1.29, 1.82) is 0 Å². The summed E-state index contributed by atoms with van der Waals surface area (Å²) in [5.74, 6) is -0.768. The molecule has 0 spiro atoms. The molecule has 0 radical (unpaired) electrons. The molecule has 1 rings (SSSR count). The molecular weight excluding hydrogens is 292 g/mol. The van der Waals surface area contributed by atoms with Gasteiger partial charge < -0.3 is 14.2 Å². The molecule has 1 aromatic carbocycles. The van der Waals surface area contributed by atoms with Crippen molar-refractivity contribution in [2.45, 2.75) is 0 Å². The SMILES string of the molecule is COC(=O)c1cc(OC)cc(C(=O)OC)c1Br. The maximum Gasteiger partial charge on any atom is 0.339 e. The maximum atomic E-state index is 11.5. The molecule has 1 aromatic rings. The molecule has 0 saturated carbocycles. The Labute approximate surface area is 107 Å². The molecule has 0 heterocycles. The summed E-state index contributed by atoms with van der Waals surface area (Å²) in [4.78, 5) is 23.0. The molecule has 0 aliphatic carbocycles. The third-order valence-corrected chi connectivity index (χ3v) is 2.95.